The molecule has 0 rings (SSSR count). The van der Waals surface area contributed by atoms with Crippen LogP contribution in [0.25, 0.3) is 0 Å². The van der Waals surface area contributed by atoms with Gasteiger partial charge in [0.15, 0.2) is 0 Å². The van der Waals surface area contributed by atoms with Crippen LogP contribution in [0.1, 0.15) is 0 Å². The van der Waals surface area contributed by atoms with Crippen LogP contribution in [0, 0.1) is 0 Å². The molecular weight excluding hydrogens is 198 g/mol. The fourth-order valence-corrected chi connectivity index (χ4v) is 6.14. The fraction of sp³-hybridized carbons (Fsp3) is 0. The molecule has 9 heteroatoms. The first kappa shape index (κ1) is 9.23. The average Bonchev–Trinajstić information content (AvgIpc) is 1.14. The molecule has 0 saturated carbocycles. The van der Waals surface area contributed by atoms with E-state index in [4.69, 9.17) is 0 Å². The maximum Gasteiger partial charge on any atom is 0.581 e. The zero-order valence-electron chi connectivity index (χ0n) is 3.97. The summed E-state index contributed by atoms with van der Waals surface area (Å²) in [5.74, 6) is 0. The quantitative estimate of drug-likeness (QED) is 0.352. The monoisotopic (exact) mass is 200 g/mol. The van der Waals surface area contributed by atoms with E-state index in [2.05, 4.69) is 0 Å². The highest BCUT2D eigenvalue weighted by molar-refractivity contribution is 7.43. The zero-order valence-corrected chi connectivity index (χ0v) is 7.39. The van der Waals surface area contributed by atoms with Crippen LogP contribution in [0.15, 0.2) is 0 Å². The summed E-state index contributed by atoms with van der Waals surface area (Å²) in [5.41, 5.74) is 0. The molecule has 0 N–H and O–H groups in total. The molecule has 0 spiro atoms. The van der Waals surface area contributed by atoms with E-state index >= 15 is 0 Å². The minimum absolute atomic E-state index is 3.63. The van der Waals surface area contributed by atoms with E-state index in [-0.39, 0.29) is 0 Å². The second kappa shape index (κ2) is 2.46. The van der Waals surface area contributed by atoms with E-state index in [1.54, 1.807) is 0 Å². The van der Waals surface area contributed by atoms with Crippen LogP contribution in [0.5, 0.6) is 0 Å². The van der Waals surface area contributed by atoms with Crippen LogP contribution in [-0.2, 0) is 0 Å². The molecule has 0 aromatic rings. The molecule has 0 aromatic carbocycles. The van der Waals surface area contributed by atoms with Gasteiger partial charge in [0.05, 0.1) is 0 Å². The van der Waals surface area contributed by atoms with Crippen LogP contribution >= 0.6 is 0 Å². The van der Waals surface area contributed by atoms with Crippen molar-refractivity contribution in [2.45, 2.75) is 0 Å². The van der Waals surface area contributed by atoms with Crippen molar-refractivity contribution in [1.82, 2.24) is 0 Å². The Kier molecular flexibility index (Phi) is 2.52. The van der Waals surface area contributed by atoms with Gasteiger partial charge in [-0.3, -0.25) is 0 Å². The van der Waals surface area contributed by atoms with Crippen LogP contribution < -0.4 is 0 Å². The first-order chi connectivity index (χ1) is 3.71. The molecule has 0 saturated heterocycles. The normalized spacial score (nSPS) is 14.0. The van der Waals surface area contributed by atoms with Crippen LogP contribution in [0.4, 0.5) is 24.6 Å². The van der Waals surface area contributed by atoms with Crippen molar-refractivity contribution in [2.24, 2.45) is 0 Å². The van der Waals surface area contributed by atoms with Crippen molar-refractivity contribution in [3.8, 4) is 0 Å². The first-order valence-electron chi connectivity index (χ1n) is 1.84. The Bertz CT molecular complexity index is 73.5. The third-order valence-electron chi connectivity index (χ3n) is 0.401. The Labute approximate surface area is 51.3 Å². The van der Waals surface area contributed by atoms with E-state index in [1.807, 2.05) is 0 Å². The van der Waals surface area contributed by atoms with Gasteiger partial charge in [-0.05, 0) is 0 Å². The average molecular weight is 200 g/mol. The Hall–Kier alpha value is 0.231. The molecule has 0 atom stereocenters. The second-order valence-corrected chi connectivity index (χ2v) is 13.3. The van der Waals surface area contributed by atoms with Crippen molar-refractivity contribution in [3.05, 3.63) is 0 Å². The standard InChI is InChI=1S/F6H2Si3/c1-8(2,3)7-9(4,5)6/h7H2. The first-order valence-corrected chi connectivity index (χ1v) is 9.77. The van der Waals surface area contributed by atoms with E-state index < -0.39 is 25.7 Å². The lowest BCUT2D eigenvalue weighted by atomic mass is 18.7. The number of hydrogen-bond donors (Lipinski definition) is 0. The maximum absolute atomic E-state index is 11.1. The van der Waals surface area contributed by atoms with Gasteiger partial charge in [-0.2, -0.15) is 0 Å². The van der Waals surface area contributed by atoms with E-state index in [1.165, 1.54) is 0 Å². The van der Waals surface area contributed by atoms with Crippen molar-refractivity contribution in [2.75, 3.05) is 0 Å². The second-order valence-electron chi connectivity index (χ2n) is 1.41. The Morgan fingerprint density at radius 2 is 0.889 bits per heavy atom. The summed E-state index contributed by atoms with van der Waals surface area (Å²) in [5, 5.41) is 0. The molecule has 0 aliphatic rings. The molecule has 0 aliphatic carbocycles. The van der Waals surface area contributed by atoms with E-state index in [9.17, 15) is 24.6 Å². The van der Waals surface area contributed by atoms with Gasteiger partial charge in [-0.1, -0.05) is 0 Å². The van der Waals surface area contributed by atoms with Crippen molar-refractivity contribution < 1.29 is 24.6 Å². The summed E-state index contributed by atoms with van der Waals surface area (Å²) >= 11 is 0. The molecule has 0 amide bonds. The number of rotatable bonds is 2. The predicted octanol–water partition coefficient (Wildman–Crippen LogP) is 0.843. The summed E-state index contributed by atoms with van der Waals surface area (Å²) in [7, 11) is -16.1. The van der Waals surface area contributed by atoms with Gasteiger partial charge in [-0.25, -0.2) is 24.6 Å². The molecule has 0 fully saturated rings. The van der Waals surface area contributed by atoms with Gasteiger partial charge in [0.1, 0.15) is 0 Å². The van der Waals surface area contributed by atoms with Crippen molar-refractivity contribution >= 4 is 25.7 Å². The molecule has 0 unspecified atom stereocenters. The number of hydrogen-bond acceptors (Lipinski definition) is 0. The highest BCUT2D eigenvalue weighted by atomic mass is 29.6. The maximum atomic E-state index is 11.1. The predicted molar refractivity (Wildman–Crippen MR) is 26.7 cm³/mol. The SMILES string of the molecule is F[Si](F)(F)[SiH2][Si](F)(F)F. The highest BCUT2D eigenvalue weighted by Gasteiger charge is 2.54. The lowest BCUT2D eigenvalue weighted by Gasteiger charge is -2.00. The smallest absolute Gasteiger partial charge is 0.241 e. The Morgan fingerprint density at radius 1 is 0.667 bits per heavy atom. The summed E-state index contributed by atoms with van der Waals surface area (Å²) in [4.78, 5) is 0. The Morgan fingerprint density at radius 3 is 0.889 bits per heavy atom. The molecule has 0 radical (unpaired) electrons. The van der Waals surface area contributed by atoms with E-state index in [0.29, 0.717) is 0 Å². The van der Waals surface area contributed by atoms with Crippen LogP contribution in [-0.4, -0.2) is 25.7 Å². The van der Waals surface area contributed by atoms with Crippen molar-refractivity contribution in [1.29, 1.82) is 0 Å². The molecule has 0 aliphatic heterocycles. The highest BCUT2D eigenvalue weighted by Crippen LogP contribution is 2.15. The minimum atomic E-state index is -6.22. The number of halogens is 6. The third-order valence-corrected chi connectivity index (χ3v) is 10.8. The van der Waals surface area contributed by atoms with Gasteiger partial charge < -0.3 is 0 Å². The Balaban J connectivity index is 3.75. The lowest BCUT2D eigenvalue weighted by Crippen LogP contribution is -2.42. The molecule has 0 nitrogen and oxygen atoms in total. The topological polar surface area (TPSA) is 0 Å². The van der Waals surface area contributed by atoms with Gasteiger partial charge in [0.25, 0.3) is 0 Å². The molecular formula is H2F6Si3. The van der Waals surface area contributed by atoms with Gasteiger partial charge in [0, 0.05) is 0 Å². The third kappa shape index (κ3) is 8.23. The zero-order chi connectivity index (χ0) is 7.71. The minimum Gasteiger partial charge on any atom is -0.241 e. The molecule has 0 bridgehead atoms. The summed E-state index contributed by atoms with van der Waals surface area (Å²) in [6.07, 6.45) is 0. The lowest BCUT2D eigenvalue weighted by molar-refractivity contribution is 0.497. The summed E-state index contributed by atoms with van der Waals surface area (Å²) < 4.78 is 66.4. The van der Waals surface area contributed by atoms with Crippen molar-refractivity contribution in [3.63, 3.8) is 0 Å². The van der Waals surface area contributed by atoms with Gasteiger partial charge in [0.2, 0.25) is 8.55 Å². The van der Waals surface area contributed by atoms with Gasteiger partial charge >= 0.3 is 17.2 Å². The van der Waals surface area contributed by atoms with Gasteiger partial charge in [-0.15, -0.1) is 0 Å². The molecule has 9 heavy (non-hydrogen) atoms. The summed E-state index contributed by atoms with van der Waals surface area (Å²) in [6, 6.07) is 0. The fourth-order valence-electron chi connectivity index (χ4n) is 0.227. The molecule has 0 heterocycles. The molecule has 0 aromatic heterocycles. The summed E-state index contributed by atoms with van der Waals surface area (Å²) in [6.45, 7) is 0. The van der Waals surface area contributed by atoms with Crippen LogP contribution in [0.3, 0.4) is 0 Å². The van der Waals surface area contributed by atoms with Crippen LogP contribution in [0.2, 0.25) is 0 Å². The molecule has 56 valence electrons. The largest absolute Gasteiger partial charge is 0.581 e. The van der Waals surface area contributed by atoms with E-state index in [0.717, 1.165) is 0 Å².